The van der Waals surface area contributed by atoms with Crippen LogP contribution in [0, 0.1) is 0 Å². The minimum absolute atomic E-state index is 0.0823. The lowest BCUT2D eigenvalue weighted by Gasteiger charge is -2.24. The van der Waals surface area contributed by atoms with Crippen LogP contribution in [0.4, 0.5) is 4.79 Å². The maximum Gasteiger partial charge on any atom is 0.407 e. The number of esters is 1. The van der Waals surface area contributed by atoms with E-state index in [-0.39, 0.29) is 31.3 Å². The first-order chi connectivity index (χ1) is 16.2. The lowest BCUT2D eigenvalue weighted by molar-refractivity contribution is -0.156. The fraction of sp³-hybridized carbons (Fsp3) is 0.462. The number of aliphatic hydroxyl groups is 2. The first-order valence-electron chi connectivity index (χ1n) is 11.4. The van der Waals surface area contributed by atoms with Gasteiger partial charge in [-0.2, -0.15) is 11.8 Å². The molecule has 3 N–H and O–H groups in total. The number of fused-ring (bicyclic) bond motifs is 3. The van der Waals surface area contributed by atoms with Crippen molar-refractivity contribution >= 4 is 23.8 Å². The molecule has 0 bridgehead atoms. The van der Waals surface area contributed by atoms with E-state index in [4.69, 9.17) is 14.6 Å². The van der Waals surface area contributed by atoms with Gasteiger partial charge in [0.15, 0.2) is 0 Å². The van der Waals surface area contributed by atoms with Crippen LogP contribution in [-0.4, -0.2) is 64.7 Å². The molecule has 1 unspecified atom stereocenters. The van der Waals surface area contributed by atoms with Crippen LogP contribution in [0.3, 0.4) is 0 Å². The molecule has 0 fully saturated rings. The minimum Gasteiger partial charge on any atom is -0.458 e. The number of benzene rings is 2. The Morgan fingerprint density at radius 3 is 2.18 bits per heavy atom. The van der Waals surface area contributed by atoms with Gasteiger partial charge in [0.05, 0.1) is 6.10 Å². The Balaban J connectivity index is 1.63. The third kappa shape index (κ3) is 6.98. The Hall–Kier alpha value is -2.55. The van der Waals surface area contributed by atoms with Crippen LogP contribution in [0.2, 0.25) is 0 Å². The molecule has 8 heteroatoms. The monoisotopic (exact) mass is 487 g/mol. The molecule has 1 aliphatic carbocycles. The van der Waals surface area contributed by atoms with Crippen molar-refractivity contribution in [1.82, 2.24) is 5.32 Å². The summed E-state index contributed by atoms with van der Waals surface area (Å²) in [5, 5.41) is 21.4. The summed E-state index contributed by atoms with van der Waals surface area (Å²) in [6, 6.07) is 15.2. The van der Waals surface area contributed by atoms with Crippen molar-refractivity contribution in [2.24, 2.45) is 0 Å². The molecule has 1 aliphatic rings. The van der Waals surface area contributed by atoms with Crippen LogP contribution in [0.5, 0.6) is 0 Å². The lowest BCUT2D eigenvalue weighted by Crippen LogP contribution is -2.46. The summed E-state index contributed by atoms with van der Waals surface area (Å²) in [6.07, 6.45) is -1.14. The van der Waals surface area contributed by atoms with Gasteiger partial charge in [0.1, 0.15) is 18.2 Å². The van der Waals surface area contributed by atoms with E-state index >= 15 is 0 Å². The summed E-state index contributed by atoms with van der Waals surface area (Å²) in [7, 11) is 0. The first kappa shape index (κ1) is 26.1. The number of aliphatic hydroxyl groups excluding tert-OH is 2. The number of hydrogen-bond donors (Lipinski definition) is 3. The molecule has 0 radical (unpaired) electrons. The summed E-state index contributed by atoms with van der Waals surface area (Å²) < 4.78 is 11.0. The first-order valence-corrected chi connectivity index (χ1v) is 12.6. The lowest BCUT2D eigenvalue weighted by atomic mass is 9.98. The summed E-state index contributed by atoms with van der Waals surface area (Å²) in [4.78, 5) is 25.3. The van der Waals surface area contributed by atoms with E-state index in [1.54, 1.807) is 20.8 Å². The fourth-order valence-corrected chi connectivity index (χ4v) is 4.91. The zero-order valence-corrected chi connectivity index (χ0v) is 20.6. The smallest absolute Gasteiger partial charge is 0.407 e. The maximum atomic E-state index is 12.7. The molecule has 0 aliphatic heterocycles. The molecule has 7 nitrogen and oxygen atoms in total. The molecule has 2 aromatic carbocycles. The van der Waals surface area contributed by atoms with Crippen molar-refractivity contribution in [2.45, 2.75) is 50.9 Å². The summed E-state index contributed by atoms with van der Waals surface area (Å²) >= 11 is 1.30. The van der Waals surface area contributed by atoms with Crippen LogP contribution in [0.15, 0.2) is 48.5 Å². The quantitative estimate of drug-likeness (QED) is 0.439. The second-order valence-electron chi connectivity index (χ2n) is 9.26. The highest BCUT2D eigenvalue weighted by atomic mass is 32.2. The summed E-state index contributed by atoms with van der Waals surface area (Å²) in [6.45, 7) is 5.30. The van der Waals surface area contributed by atoms with Gasteiger partial charge >= 0.3 is 12.1 Å². The standard InChI is InChI=1S/C26H33NO6S/c1-26(2,3)33-24(30)23(16-34-15-17(29)12-13-28)27-25(31)32-14-22-20-10-6-4-8-18(20)19-9-5-7-11-21(19)22/h4-11,17,22-23,28-29H,12-16H2,1-3H3,(H,27,31)/t17?,23-/m0/s1. The second kappa shape index (κ2) is 11.7. The molecule has 0 heterocycles. The van der Waals surface area contributed by atoms with Gasteiger partial charge in [-0.3, -0.25) is 0 Å². The number of nitrogens with one attached hydrogen (secondary N) is 1. The number of amides is 1. The highest BCUT2D eigenvalue weighted by Gasteiger charge is 2.31. The zero-order chi connectivity index (χ0) is 24.7. The molecule has 184 valence electrons. The Morgan fingerprint density at radius 1 is 1.03 bits per heavy atom. The van der Waals surface area contributed by atoms with Gasteiger partial charge in [-0.1, -0.05) is 48.5 Å². The van der Waals surface area contributed by atoms with Crippen molar-refractivity contribution in [3.05, 3.63) is 59.7 Å². The van der Waals surface area contributed by atoms with E-state index in [2.05, 4.69) is 17.4 Å². The van der Waals surface area contributed by atoms with Crippen LogP contribution < -0.4 is 5.32 Å². The minimum atomic E-state index is -0.929. The molecule has 34 heavy (non-hydrogen) atoms. The fourth-order valence-electron chi connectivity index (χ4n) is 3.88. The molecule has 2 atom stereocenters. The number of carbonyl (C=O) groups excluding carboxylic acids is 2. The van der Waals surface area contributed by atoms with Crippen molar-refractivity contribution in [3.63, 3.8) is 0 Å². The van der Waals surface area contributed by atoms with Crippen LogP contribution in [0.1, 0.15) is 44.2 Å². The molecule has 0 saturated heterocycles. The highest BCUT2D eigenvalue weighted by molar-refractivity contribution is 7.99. The number of hydrogen-bond acceptors (Lipinski definition) is 7. The van der Waals surface area contributed by atoms with Crippen LogP contribution >= 0.6 is 11.8 Å². The van der Waals surface area contributed by atoms with E-state index in [0.717, 1.165) is 22.3 Å². The molecule has 1 amide bonds. The number of rotatable bonds is 10. The molecule has 0 saturated carbocycles. The van der Waals surface area contributed by atoms with Gasteiger partial charge in [0, 0.05) is 24.0 Å². The van der Waals surface area contributed by atoms with Crippen molar-refractivity contribution in [2.75, 3.05) is 24.7 Å². The predicted molar refractivity (Wildman–Crippen MR) is 133 cm³/mol. The highest BCUT2D eigenvalue weighted by Crippen LogP contribution is 2.44. The summed E-state index contributed by atoms with van der Waals surface area (Å²) in [5.74, 6) is -0.111. The second-order valence-corrected chi connectivity index (χ2v) is 10.3. The topological polar surface area (TPSA) is 105 Å². The number of thioether (sulfide) groups is 1. The van der Waals surface area contributed by atoms with Crippen molar-refractivity contribution in [1.29, 1.82) is 0 Å². The SMILES string of the molecule is CC(C)(C)OC(=O)[C@H](CSCC(O)CCO)NC(=O)OCC1c2ccccc2-c2ccccc21. The van der Waals surface area contributed by atoms with Gasteiger partial charge in [0.25, 0.3) is 0 Å². The molecule has 0 spiro atoms. The average molecular weight is 488 g/mol. The Kier molecular flexibility index (Phi) is 8.99. The molecule has 0 aromatic heterocycles. The molecule has 3 rings (SSSR count). The molecular weight excluding hydrogens is 454 g/mol. The van der Waals surface area contributed by atoms with Gasteiger partial charge in [-0.15, -0.1) is 0 Å². The Morgan fingerprint density at radius 2 is 1.62 bits per heavy atom. The third-order valence-corrected chi connectivity index (χ3v) is 6.57. The maximum absolute atomic E-state index is 12.7. The average Bonchev–Trinajstić information content (AvgIpc) is 3.10. The van der Waals surface area contributed by atoms with Gasteiger partial charge in [0.2, 0.25) is 0 Å². The van der Waals surface area contributed by atoms with Crippen molar-refractivity contribution < 1.29 is 29.3 Å². The molecular formula is C26H33NO6S. The van der Waals surface area contributed by atoms with E-state index in [9.17, 15) is 14.7 Å². The Labute approximate surface area is 204 Å². The van der Waals surface area contributed by atoms with E-state index in [1.807, 2.05) is 36.4 Å². The van der Waals surface area contributed by atoms with Gasteiger partial charge in [-0.05, 0) is 49.4 Å². The third-order valence-electron chi connectivity index (χ3n) is 5.38. The van der Waals surface area contributed by atoms with E-state index in [0.29, 0.717) is 5.75 Å². The zero-order valence-electron chi connectivity index (χ0n) is 19.8. The predicted octanol–water partition coefficient (Wildman–Crippen LogP) is 3.71. The van der Waals surface area contributed by atoms with Crippen molar-refractivity contribution in [3.8, 4) is 11.1 Å². The van der Waals surface area contributed by atoms with E-state index in [1.165, 1.54) is 11.8 Å². The normalized spacial score (nSPS) is 14.6. The van der Waals surface area contributed by atoms with Crippen LogP contribution in [0.25, 0.3) is 11.1 Å². The van der Waals surface area contributed by atoms with Gasteiger partial charge in [-0.25, -0.2) is 9.59 Å². The number of alkyl carbamates (subject to hydrolysis) is 1. The number of carbonyl (C=O) groups is 2. The van der Waals surface area contributed by atoms with Crippen LogP contribution in [-0.2, 0) is 14.3 Å². The van der Waals surface area contributed by atoms with E-state index < -0.39 is 29.8 Å². The Bertz CT molecular complexity index is 944. The summed E-state index contributed by atoms with van der Waals surface area (Å²) in [5.41, 5.74) is 3.77. The molecule has 2 aromatic rings. The largest absolute Gasteiger partial charge is 0.458 e. The number of ether oxygens (including phenoxy) is 2. The van der Waals surface area contributed by atoms with Gasteiger partial charge < -0.3 is 25.0 Å².